The molecular weight excluding hydrogens is 400 g/mol. The van der Waals surface area contributed by atoms with Crippen LogP contribution < -0.4 is 10.1 Å². The minimum Gasteiger partial charge on any atom is -0.497 e. The third kappa shape index (κ3) is 5.85. The summed E-state index contributed by atoms with van der Waals surface area (Å²) in [6.07, 6.45) is 1.44. The van der Waals surface area contributed by atoms with Gasteiger partial charge in [0.05, 0.1) is 26.3 Å². The SMILES string of the molecule is COc1ccc2c(CC(=O)OCC(=O)N(C)CC(=O)Nc3ccc(C)cc3)coc2c1. The number of methoxy groups -OCH3 is 1. The Labute approximate surface area is 179 Å². The number of benzene rings is 2. The summed E-state index contributed by atoms with van der Waals surface area (Å²) < 4.78 is 15.7. The topological polar surface area (TPSA) is 98.1 Å². The third-order valence-corrected chi connectivity index (χ3v) is 4.70. The fourth-order valence-corrected chi connectivity index (χ4v) is 2.93. The highest BCUT2D eigenvalue weighted by Crippen LogP contribution is 2.26. The standard InChI is InChI=1S/C23H24N2O6/c1-15-4-6-17(7-5-15)24-21(26)12-25(2)22(27)14-31-23(28)10-16-13-30-20-11-18(29-3)8-9-19(16)20/h4-9,11,13H,10,12,14H2,1-3H3,(H,24,26). The summed E-state index contributed by atoms with van der Waals surface area (Å²) in [6.45, 7) is 1.35. The normalized spacial score (nSPS) is 10.5. The monoisotopic (exact) mass is 424 g/mol. The first-order valence-corrected chi connectivity index (χ1v) is 9.66. The highest BCUT2D eigenvalue weighted by atomic mass is 16.5. The number of amides is 2. The fraction of sp³-hybridized carbons (Fsp3) is 0.261. The summed E-state index contributed by atoms with van der Waals surface area (Å²) in [5.74, 6) is -0.735. The van der Waals surface area contributed by atoms with Gasteiger partial charge in [-0.1, -0.05) is 17.7 Å². The molecule has 2 amide bonds. The van der Waals surface area contributed by atoms with Crippen LogP contribution in [0.2, 0.25) is 0 Å². The number of aryl methyl sites for hydroxylation is 1. The van der Waals surface area contributed by atoms with Crippen LogP contribution in [0.25, 0.3) is 11.0 Å². The number of fused-ring (bicyclic) bond motifs is 1. The van der Waals surface area contributed by atoms with Crippen molar-refractivity contribution in [3.8, 4) is 5.75 Å². The molecule has 1 aromatic heterocycles. The van der Waals surface area contributed by atoms with Gasteiger partial charge < -0.3 is 24.1 Å². The Bertz CT molecular complexity index is 1090. The van der Waals surface area contributed by atoms with Gasteiger partial charge in [-0.25, -0.2) is 0 Å². The quantitative estimate of drug-likeness (QED) is 0.559. The zero-order valence-corrected chi connectivity index (χ0v) is 17.6. The summed E-state index contributed by atoms with van der Waals surface area (Å²) in [5, 5.41) is 3.49. The van der Waals surface area contributed by atoms with E-state index in [9.17, 15) is 14.4 Å². The molecule has 8 heteroatoms. The van der Waals surface area contributed by atoms with Gasteiger partial charge in [0.15, 0.2) is 6.61 Å². The second-order valence-corrected chi connectivity index (χ2v) is 7.12. The van der Waals surface area contributed by atoms with E-state index in [1.165, 1.54) is 18.2 Å². The number of rotatable bonds is 8. The van der Waals surface area contributed by atoms with Crippen molar-refractivity contribution in [2.75, 3.05) is 32.6 Å². The van der Waals surface area contributed by atoms with E-state index in [4.69, 9.17) is 13.9 Å². The molecule has 0 unspecified atom stereocenters. The van der Waals surface area contributed by atoms with Crippen LogP contribution in [0.4, 0.5) is 5.69 Å². The fourth-order valence-electron chi connectivity index (χ4n) is 2.93. The lowest BCUT2D eigenvalue weighted by Gasteiger charge is -2.16. The summed E-state index contributed by atoms with van der Waals surface area (Å²) >= 11 is 0. The van der Waals surface area contributed by atoms with Crippen LogP contribution in [0, 0.1) is 6.92 Å². The number of esters is 1. The Hall–Kier alpha value is -3.81. The predicted octanol–water partition coefficient (Wildman–Crippen LogP) is 2.93. The molecule has 8 nitrogen and oxygen atoms in total. The molecule has 2 aromatic carbocycles. The van der Waals surface area contributed by atoms with Crippen LogP contribution in [0.1, 0.15) is 11.1 Å². The smallest absolute Gasteiger partial charge is 0.310 e. The average Bonchev–Trinajstić information content (AvgIpc) is 3.15. The maximum atomic E-state index is 12.2. The molecule has 3 aromatic rings. The molecule has 0 atom stereocenters. The van der Waals surface area contributed by atoms with Crippen molar-refractivity contribution < 1.29 is 28.3 Å². The Morgan fingerprint density at radius 3 is 2.55 bits per heavy atom. The van der Waals surface area contributed by atoms with Gasteiger partial charge >= 0.3 is 5.97 Å². The number of hydrogen-bond donors (Lipinski definition) is 1. The first kappa shape index (κ1) is 21.9. The van der Waals surface area contributed by atoms with E-state index in [1.54, 1.807) is 37.4 Å². The molecule has 0 saturated carbocycles. The number of ether oxygens (including phenoxy) is 2. The van der Waals surface area contributed by atoms with Gasteiger partial charge in [0, 0.05) is 29.8 Å². The van der Waals surface area contributed by atoms with Gasteiger partial charge in [0.25, 0.3) is 5.91 Å². The number of likely N-dealkylation sites (N-methyl/N-ethyl adjacent to an activating group) is 1. The van der Waals surface area contributed by atoms with E-state index in [1.807, 2.05) is 19.1 Å². The van der Waals surface area contributed by atoms with Gasteiger partial charge in [-0.3, -0.25) is 14.4 Å². The summed E-state index contributed by atoms with van der Waals surface area (Å²) in [5.41, 5.74) is 2.97. The number of nitrogens with zero attached hydrogens (tertiary/aromatic N) is 1. The van der Waals surface area contributed by atoms with Crippen LogP contribution in [-0.2, 0) is 25.5 Å². The predicted molar refractivity (Wildman–Crippen MR) is 115 cm³/mol. The van der Waals surface area contributed by atoms with Crippen molar-refractivity contribution in [3.05, 3.63) is 59.9 Å². The maximum Gasteiger partial charge on any atom is 0.310 e. The Kier molecular flexibility index (Phi) is 6.92. The van der Waals surface area contributed by atoms with Gasteiger partial charge in [-0.15, -0.1) is 0 Å². The zero-order valence-electron chi connectivity index (χ0n) is 17.6. The number of carbonyl (C=O) groups excluding carboxylic acids is 3. The average molecular weight is 424 g/mol. The molecule has 0 spiro atoms. The van der Waals surface area contributed by atoms with Crippen LogP contribution in [0.5, 0.6) is 5.75 Å². The molecule has 1 heterocycles. The molecule has 0 fully saturated rings. The number of furan rings is 1. The summed E-state index contributed by atoms with van der Waals surface area (Å²) in [6, 6.07) is 12.6. The molecular formula is C23H24N2O6. The maximum absolute atomic E-state index is 12.2. The van der Waals surface area contributed by atoms with Crippen molar-refractivity contribution >= 4 is 34.4 Å². The van der Waals surface area contributed by atoms with E-state index in [0.29, 0.717) is 22.6 Å². The van der Waals surface area contributed by atoms with Crippen LogP contribution in [0.3, 0.4) is 0 Å². The van der Waals surface area contributed by atoms with E-state index in [0.717, 1.165) is 10.9 Å². The number of carbonyl (C=O) groups is 3. The Morgan fingerprint density at radius 2 is 1.84 bits per heavy atom. The van der Waals surface area contributed by atoms with E-state index in [-0.39, 0.29) is 18.9 Å². The Morgan fingerprint density at radius 1 is 1.10 bits per heavy atom. The van der Waals surface area contributed by atoms with Gasteiger partial charge in [-0.2, -0.15) is 0 Å². The summed E-state index contributed by atoms with van der Waals surface area (Å²) in [4.78, 5) is 37.7. The Balaban J connectivity index is 1.46. The molecule has 0 radical (unpaired) electrons. The minimum absolute atomic E-state index is 0.0375. The lowest BCUT2D eigenvalue weighted by molar-refractivity contribution is -0.151. The molecule has 0 aliphatic carbocycles. The number of anilines is 1. The third-order valence-electron chi connectivity index (χ3n) is 4.70. The summed E-state index contributed by atoms with van der Waals surface area (Å²) in [7, 11) is 3.03. The molecule has 3 rings (SSSR count). The van der Waals surface area contributed by atoms with Crippen molar-refractivity contribution in [3.63, 3.8) is 0 Å². The van der Waals surface area contributed by atoms with Crippen LogP contribution in [0.15, 0.2) is 53.1 Å². The molecule has 162 valence electrons. The lowest BCUT2D eigenvalue weighted by atomic mass is 10.1. The van der Waals surface area contributed by atoms with Crippen molar-refractivity contribution in [2.24, 2.45) is 0 Å². The van der Waals surface area contributed by atoms with Gasteiger partial charge in [-0.05, 0) is 31.2 Å². The van der Waals surface area contributed by atoms with E-state index >= 15 is 0 Å². The highest BCUT2D eigenvalue weighted by Gasteiger charge is 2.17. The molecule has 0 bridgehead atoms. The van der Waals surface area contributed by atoms with Crippen LogP contribution in [-0.4, -0.2) is 50.0 Å². The minimum atomic E-state index is -0.565. The van der Waals surface area contributed by atoms with E-state index in [2.05, 4.69) is 5.32 Å². The zero-order chi connectivity index (χ0) is 22.4. The second kappa shape index (κ2) is 9.80. The first-order valence-electron chi connectivity index (χ1n) is 9.66. The van der Waals surface area contributed by atoms with Crippen LogP contribution >= 0.6 is 0 Å². The first-order chi connectivity index (χ1) is 14.9. The van der Waals surface area contributed by atoms with Crippen molar-refractivity contribution in [2.45, 2.75) is 13.3 Å². The molecule has 0 aliphatic rings. The van der Waals surface area contributed by atoms with Crippen molar-refractivity contribution in [1.29, 1.82) is 0 Å². The molecule has 0 aliphatic heterocycles. The second-order valence-electron chi connectivity index (χ2n) is 7.12. The molecule has 0 saturated heterocycles. The van der Waals surface area contributed by atoms with E-state index < -0.39 is 18.5 Å². The molecule has 31 heavy (non-hydrogen) atoms. The molecule has 1 N–H and O–H groups in total. The largest absolute Gasteiger partial charge is 0.497 e. The van der Waals surface area contributed by atoms with Gasteiger partial charge in [0.2, 0.25) is 5.91 Å². The lowest BCUT2D eigenvalue weighted by Crippen LogP contribution is -2.37. The van der Waals surface area contributed by atoms with Crippen molar-refractivity contribution in [1.82, 2.24) is 4.90 Å². The number of hydrogen-bond acceptors (Lipinski definition) is 6. The van der Waals surface area contributed by atoms with Gasteiger partial charge in [0.1, 0.15) is 11.3 Å². The highest BCUT2D eigenvalue weighted by molar-refractivity contribution is 5.95. The number of nitrogens with one attached hydrogen (secondary N) is 1.